The van der Waals surface area contributed by atoms with Crippen molar-refractivity contribution in [1.82, 2.24) is 10.3 Å². The van der Waals surface area contributed by atoms with Crippen molar-refractivity contribution in [3.63, 3.8) is 0 Å². The van der Waals surface area contributed by atoms with Gasteiger partial charge in [-0.15, -0.1) is 0 Å². The van der Waals surface area contributed by atoms with E-state index in [0.717, 1.165) is 30.7 Å². The maximum absolute atomic E-state index is 12.0. The molecule has 0 spiro atoms. The Kier molecular flexibility index (Phi) is 5.17. The Morgan fingerprint density at radius 1 is 1.52 bits per heavy atom. The summed E-state index contributed by atoms with van der Waals surface area (Å²) in [7, 11) is 0. The molecule has 1 aromatic rings. The van der Waals surface area contributed by atoms with Crippen molar-refractivity contribution >= 4 is 5.91 Å². The minimum atomic E-state index is -0.522. The van der Waals surface area contributed by atoms with E-state index >= 15 is 0 Å². The lowest BCUT2D eigenvalue weighted by Crippen LogP contribution is -2.37. The second-order valence-electron chi connectivity index (χ2n) is 5.81. The smallest absolute Gasteiger partial charge is 0.260 e. The highest BCUT2D eigenvalue weighted by Crippen LogP contribution is 2.22. The summed E-state index contributed by atoms with van der Waals surface area (Å²) in [6.45, 7) is 5.75. The predicted molar refractivity (Wildman–Crippen MR) is 82.2 cm³/mol. The van der Waals surface area contributed by atoms with Gasteiger partial charge >= 0.3 is 0 Å². The van der Waals surface area contributed by atoms with Gasteiger partial charge in [0.25, 0.3) is 5.91 Å². The molecule has 116 valence electrons. The number of ether oxygens (including phenoxy) is 1. The van der Waals surface area contributed by atoms with Crippen LogP contribution in [0.1, 0.15) is 44.5 Å². The molecule has 0 aliphatic heterocycles. The summed E-state index contributed by atoms with van der Waals surface area (Å²) in [4.78, 5) is 16.5. The number of nitrogens with one attached hydrogen (secondary N) is 1. The average Bonchev–Trinajstić information content (AvgIpc) is 3.25. The number of aryl methyl sites for hydroxylation is 1. The largest absolute Gasteiger partial charge is 0.479 e. The molecule has 3 N–H and O–H groups in total. The van der Waals surface area contributed by atoms with Crippen LogP contribution in [0.2, 0.25) is 0 Å². The SMILES string of the molecule is CCC(N)Cc1nc(C)ccc1OC(C)C(=O)NC1CC1. The molecular weight excluding hydrogens is 266 g/mol. The van der Waals surface area contributed by atoms with Crippen molar-refractivity contribution in [2.24, 2.45) is 5.73 Å². The maximum atomic E-state index is 12.0. The summed E-state index contributed by atoms with van der Waals surface area (Å²) in [6, 6.07) is 4.16. The predicted octanol–water partition coefficient (Wildman–Crippen LogP) is 1.72. The molecule has 1 aliphatic carbocycles. The Morgan fingerprint density at radius 3 is 2.86 bits per heavy atom. The van der Waals surface area contributed by atoms with Crippen LogP contribution < -0.4 is 15.8 Å². The zero-order valence-electron chi connectivity index (χ0n) is 13.1. The first kappa shape index (κ1) is 15.8. The molecule has 0 radical (unpaired) electrons. The van der Waals surface area contributed by atoms with Crippen LogP contribution in [0.5, 0.6) is 5.75 Å². The van der Waals surface area contributed by atoms with E-state index in [1.54, 1.807) is 6.92 Å². The number of carbonyl (C=O) groups excluding carboxylic acids is 1. The number of pyridine rings is 1. The Hall–Kier alpha value is -1.62. The quantitative estimate of drug-likeness (QED) is 0.802. The Labute approximate surface area is 126 Å². The second kappa shape index (κ2) is 6.89. The van der Waals surface area contributed by atoms with Gasteiger partial charge in [0.15, 0.2) is 6.10 Å². The van der Waals surface area contributed by atoms with E-state index in [9.17, 15) is 4.79 Å². The maximum Gasteiger partial charge on any atom is 0.260 e. The number of aromatic nitrogens is 1. The molecule has 1 aliphatic rings. The van der Waals surface area contributed by atoms with Gasteiger partial charge in [0, 0.05) is 24.2 Å². The number of hydrogen-bond acceptors (Lipinski definition) is 4. The summed E-state index contributed by atoms with van der Waals surface area (Å²) < 4.78 is 5.81. The van der Waals surface area contributed by atoms with Crippen molar-refractivity contribution in [1.29, 1.82) is 0 Å². The number of rotatable bonds is 7. The molecule has 0 bridgehead atoms. The van der Waals surface area contributed by atoms with Crippen LogP contribution in [-0.4, -0.2) is 29.1 Å². The first-order chi connectivity index (χ1) is 9.99. The Morgan fingerprint density at radius 2 is 2.24 bits per heavy atom. The van der Waals surface area contributed by atoms with Crippen LogP contribution in [0.25, 0.3) is 0 Å². The van der Waals surface area contributed by atoms with Crippen LogP contribution in [0, 0.1) is 6.92 Å². The molecule has 1 fully saturated rings. The van der Waals surface area contributed by atoms with Gasteiger partial charge in [-0.05, 0) is 45.2 Å². The minimum absolute atomic E-state index is 0.0530. The lowest BCUT2D eigenvalue weighted by Gasteiger charge is -2.18. The third-order valence-electron chi connectivity index (χ3n) is 3.65. The summed E-state index contributed by atoms with van der Waals surface area (Å²) >= 11 is 0. The fourth-order valence-electron chi connectivity index (χ4n) is 2.03. The summed E-state index contributed by atoms with van der Waals surface area (Å²) in [6.07, 6.45) is 3.16. The highest BCUT2D eigenvalue weighted by Gasteiger charge is 2.26. The molecule has 0 saturated heterocycles. The molecule has 21 heavy (non-hydrogen) atoms. The summed E-state index contributed by atoms with van der Waals surface area (Å²) in [5.41, 5.74) is 7.77. The number of carbonyl (C=O) groups is 1. The molecule has 1 amide bonds. The van der Waals surface area contributed by atoms with E-state index in [1.165, 1.54) is 0 Å². The Balaban J connectivity index is 2.04. The fraction of sp³-hybridized carbons (Fsp3) is 0.625. The van der Waals surface area contributed by atoms with Gasteiger partial charge in [-0.2, -0.15) is 0 Å². The van der Waals surface area contributed by atoms with Crippen LogP contribution in [0.15, 0.2) is 12.1 Å². The standard InChI is InChI=1S/C16H25N3O2/c1-4-12(17)9-14-15(8-5-10(2)18-14)21-11(3)16(20)19-13-6-7-13/h5,8,11-13H,4,6-7,9,17H2,1-3H3,(H,19,20). The van der Waals surface area contributed by atoms with Gasteiger partial charge < -0.3 is 15.8 Å². The second-order valence-corrected chi connectivity index (χ2v) is 5.81. The first-order valence-corrected chi connectivity index (χ1v) is 7.68. The molecule has 1 aromatic heterocycles. The number of hydrogen-bond donors (Lipinski definition) is 2. The minimum Gasteiger partial charge on any atom is -0.479 e. The molecule has 2 atom stereocenters. The molecule has 5 nitrogen and oxygen atoms in total. The zero-order valence-corrected chi connectivity index (χ0v) is 13.1. The van der Waals surface area contributed by atoms with E-state index in [2.05, 4.69) is 10.3 Å². The van der Waals surface area contributed by atoms with E-state index in [-0.39, 0.29) is 11.9 Å². The zero-order chi connectivity index (χ0) is 15.4. The van der Waals surface area contributed by atoms with Gasteiger partial charge in [0.05, 0.1) is 5.69 Å². The van der Waals surface area contributed by atoms with E-state index in [0.29, 0.717) is 18.2 Å². The van der Waals surface area contributed by atoms with E-state index < -0.39 is 6.10 Å². The monoisotopic (exact) mass is 291 g/mol. The number of nitrogens with zero attached hydrogens (tertiary/aromatic N) is 1. The first-order valence-electron chi connectivity index (χ1n) is 7.68. The van der Waals surface area contributed by atoms with E-state index in [4.69, 9.17) is 10.5 Å². The highest BCUT2D eigenvalue weighted by atomic mass is 16.5. The van der Waals surface area contributed by atoms with Gasteiger partial charge in [-0.3, -0.25) is 9.78 Å². The lowest BCUT2D eigenvalue weighted by molar-refractivity contribution is -0.127. The topological polar surface area (TPSA) is 77.2 Å². The molecule has 1 saturated carbocycles. The van der Waals surface area contributed by atoms with Crippen LogP contribution >= 0.6 is 0 Å². The number of nitrogens with two attached hydrogens (primary N) is 1. The van der Waals surface area contributed by atoms with Crippen molar-refractivity contribution < 1.29 is 9.53 Å². The van der Waals surface area contributed by atoms with Crippen molar-refractivity contribution in [3.05, 3.63) is 23.5 Å². The molecular formula is C16H25N3O2. The van der Waals surface area contributed by atoms with Crippen molar-refractivity contribution in [2.45, 2.75) is 64.6 Å². The summed E-state index contributed by atoms with van der Waals surface area (Å²) in [5, 5.41) is 2.95. The number of amides is 1. The van der Waals surface area contributed by atoms with Gasteiger partial charge in [0.2, 0.25) is 0 Å². The van der Waals surface area contributed by atoms with Gasteiger partial charge in [-0.25, -0.2) is 0 Å². The molecule has 0 aromatic carbocycles. The third kappa shape index (κ3) is 4.70. The highest BCUT2D eigenvalue weighted by molar-refractivity contribution is 5.81. The average molecular weight is 291 g/mol. The Bertz CT molecular complexity index is 500. The van der Waals surface area contributed by atoms with Crippen molar-refractivity contribution in [2.75, 3.05) is 0 Å². The molecule has 2 rings (SSSR count). The van der Waals surface area contributed by atoms with Crippen LogP contribution in [0.4, 0.5) is 0 Å². The van der Waals surface area contributed by atoms with Crippen molar-refractivity contribution in [3.8, 4) is 5.75 Å². The van der Waals surface area contributed by atoms with Gasteiger partial charge in [0.1, 0.15) is 5.75 Å². The molecule has 5 heteroatoms. The third-order valence-corrected chi connectivity index (χ3v) is 3.65. The molecule has 2 unspecified atom stereocenters. The fourth-order valence-corrected chi connectivity index (χ4v) is 2.03. The molecule has 1 heterocycles. The lowest BCUT2D eigenvalue weighted by atomic mass is 10.1. The van der Waals surface area contributed by atoms with Crippen LogP contribution in [-0.2, 0) is 11.2 Å². The van der Waals surface area contributed by atoms with E-state index in [1.807, 2.05) is 26.0 Å². The van der Waals surface area contributed by atoms with Crippen LogP contribution in [0.3, 0.4) is 0 Å². The normalized spacial score (nSPS) is 17.1. The summed E-state index contributed by atoms with van der Waals surface area (Å²) in [5.74, 6) is 0.590. The van der Waals surface area contributed by atoms with Gasteiger partial charge in [-0.1, -0.05) is 6.92 Å².